The van der Waals surface area contributed by atoms with Crippen LogP contribution in [0.25, 0.3) is 0 Å². The first kappa shape index (κ1) is 24.3. The van der Waals surface area contributed by atoms with E-state index >= 15 is 0 Å². The Morgan fingerprint density at radius 2 is 1.67 bits per heavy atom. The molecule has 3 rings (SSSR count). The van der Waals surface area contributed by atoms with Crippen molar-refractivity contribution in [2.45, 2.75) is 32.7 Å². The van der Waals surface area contributed by atoms with Crippen molar-refractivity contribution in [1.82, 2.24) is 15.5 Å². The number of carbonyl (C=O) groups is 3. The predicted molar refractivity (Wildman–Crippen MR) is 127 cm³/mol. The van der Waals surface area contributed by atoms with Gasteiger partial charge in [0.2, 0.25) is 5.91 Å². The lowest BCUT2D eigenvalue weighted by atomic mass is 9.88. The highest BCUT2D eigenvalue weighted by Crippen LogP contribution is 2.24. The van der Waals surface area contributed by atoms with E-state index in [4.69, 9.17) is 4.74 Å². The van der Waals surface area contributed by atoms with Gasteiger partial charge in [0.1, 0.15) is 11.8 Å². The van der Waals surface area contributed by atoms with Crippen LogP contribution in [0.4, 0.5) is 0 Å². The predicted octanol–water partition coefficient (Wildman–Crippen LogP) is 3.12. The highest BCUT2D eigenvalue weighted by molar-refractivity contribution is 5.97. The van der Waals surface area contributed by atoms with E-state index in [2.05, 4.69) is 10.6 Å². The van der Waals surface area contributed by atoms with Crippen LogP contribution in [-0.4, -0.2) is 55.4 Å². The summed E-state index contributed by atoms with van der Waals surface area (Å²) in [6.07, 6.45) is 1.26. The van der Waals surface area contributed by atoms with E-state index in [1.807, 2.05) is 19.9 Å². The van der Waals surface area contributed by atoms with Gasteiger partial charge in [-0.3, -0.25) is 14.4 Å². The van der Waals surface area contributed by atoms with Crippen LogP contribution in [0, 0.1) is 11.8 Å². The molecule has 1 saturated heterocycles. The zero-order chi connectivity index (χ0) is 23.8. The van der Waals surface area contributed by atoms with Gasteiger partial charge in [-0.05, 0) is 55.0 Å². The van der Waals surface area contributed by atoms with Gasteiger partial charge in [0.25, 0.3) is 11.8 Å². The second-order valence-corrected chi connectivity index (χ2v) is 8.82. The van der Waals surface area contributed by atoms with E-state index in [9.17, 15) is 14.4 Å². The number of amides is 3. The van der Waals surface area contributed by atoms with Crippen molar-refractivity contribution >= 4 is 17.7 Å². The molecule has 0 unspecified atom stereocenters. The maximum Gasteiger partial charge on any atom is 0.253 e. The highest BCUT2D eigenvalue weighted by atomic mass is 16.5. The number of likely N-dealkylation sites (tertiary alicyclic amines) is 1. The smallest absolute Gasteiger partial charge is 0.253 e. The van der Waals surface area contributed by atoms with Crippen LogP contribution in [0.5, 0.6) is 5.75 Å². The number of nitrogens with zero attached hydrogens (tertiary/aromatic N) is 1. The fourth-order valence-corrected chi connectivity index (χ4v) is 4.00. The van der Waals surface area contributed by atoms with Gasteiger partial charge >= 0.3 is 0 Å². The fourth-order valence-electron chi connectivity index (χ4n) is 4.00. The molecule has 2 aromatic rings. The van der Waals surface area contributed by atoms with Gasteiger partial charge in [-0.15, -0.1) is 0 Å². The summed E-state index contributed by atoms with van der Waals surface area (Å²) in [7, 11) is 1.57. The summed E-state index contributed by atoms with van der Waals surface area (Å²) in [6, 6.07) is 15.4. The van der Waals surface area contributed by atoms with Crippen LogP contribution in [0.15, 0.2) is 54.6 Å². The maximum absolute atomic E-state index is 13.0. The molecule has 0 radical (unpaired) electrons. The standard InChI is InChI=1S/C26H33N3O4/c1-18(2)17-27-25(31)23(28-24(30)20-8-5-4-6-9-20)19-12-14-29(15-13-19)26(32)21-10-7-11-22(16-21)33-3/h4-11,16,18-19,23H,12-15,17H2,1-3H3,(H,27,31)(H,28,30)/t23-/m0/s1. The van der Waals surface area contributed by atoms with Gasteiger partial charge in [0, 0.05) is 30.8 Å². The minimum atomic E-state index is -0.648. The zero-order valence-corrected chi connectivity index (χ0v) is 19.5. The number of ether oxygens (including phenoxy) is 1. The van der Waals surface area contributed by atoms with E-state index in [1.54, 1.807) is 60.5 Å². The molecule has 0 spiro atoms. The zero-order valence-electron chi connectivity index (χ0n) is 19.5. The molecule has 1 fully saturated rings. The second kappa shape index (κ2) is 11.5. The lowest BCUT2D eigenvalue weighted by Crippen LogP contribution is -2.54. The van der Waals surface area contributed by atoms with Crippen LogP contribution in [0.1, 0.15) is 47.4 Å². The second-order valence-electron chi connectivity index (χ2n) is 8.82. The summed E-state index contributed by atoms with van der Waals surface area (Å²) >= 11 is 0. The lowest BCUT2D eigenvalue weighted by molar-refractivity contribution is -0.124. The van der Waals surface area contributed by atoms with Gasteiger partial charge in [0.05, 0.1) is 7.11 Å². The molecule has 1 aliphatic heterocycles. The highest BCUT2D eigenvalue weighted by Gasteiger charge is 2.34. The van der Waals surface area contributed by atoms with Crippen molar-refractivity contribution in [2.75, 3.05) is 26.7 Å². The molecule has 0 bridgehead atoms. The monoisotopic (exact) mass is 451 g/mol. The number of methoxy groups -OCH3 is 1. The first-order valence-electron chi connectivity index (χ1n) is 11.5. The summed E-state index contributed by atoms with van der Waals surface area (Å²) < 4.78 is 5.22. The molecular formula is C26H33N3O4. The van der Waals surface area contributed by atoms with Crippen molar-refractivity contribution < 1.29 is 19.1 Å². The number of hydrogen-bond acceptors (Lipinski definition) is 4. The summed E-state index contributed by atoms with van der Waals surface area (Å²) in [5.41, 5.74) is 1.10. The van der Waals surface area contributed by atoms with Crippen LogP contribution in [0.2, 0.25) is 0 Å². The van der Waals surface area contributed by atoms with Crippen molar-refractivity contribution in [3.8, 4) is 5.75 Å². The minimum absolute atomic E-state index is 0.0542. The number of nitrogens with one attached hydrogen (secondary N) is 2. The number of benzene rings is 2. The summed E-state index contributed by atoms with van der Waals surface area (Å²) in [4.78, 5) is 40.5. The molecule has 0 aromatic heterocycles. The molecule has 1 heterocycles. The number of carbonyl (C=O) groups excluding carboxylic acids is 3. The Kier molecular flexibility index (Phi) is 8.46. The summed E-state index contributed by atoms with van der Waals surface area (Å²) in [5.74, 6) is 0.393. The van der Waals surface area contributed by atoms with Gasteiger partial charge in [-0.25, -0.2) is 0 Å². The average Bonchev–Trinajstić information content (AvgIpc) is 2.86. The lowest BCUT2D eigenvalue weighted by Gasteiger charge is -2.36. The largest absolute Gasteiger partial charge is 0.497 e. The Balaban J connectivity index is 1.67. The number of hydrogen-bond donors (Lipinski definition) is 2. The van der Waals surface area contributed by atoms with E-state index in [0.29, 0.717) is 55.3 Å². The summed E-state index contributed by atoms with van der Waals surface area (Å²) in [6.45, 7) is 5.65. The number of rotatable bonds is 8. The Bertz CT molecular complexity index is 953. The van der Waals surface area contributed by atoms with E-state index in [-0.39, 0.29) is 23.6 Å². The molecule has 33 heavy (non-hydrogen) atoms. The van der Waals surface area contributed by atoms with Gasteiger partial charge in [-0.1, -0.05) is 38.1 Å². The molecule has 3 amide bonds. The Morgan fingerprint density at radius 1 is 1.00 bits per heavy atom. The van der Waals surface area contributed by atoms with Crippen LogP contribution < -0.4 is 15.4 Å². The van der Waals surface area contributed by atoms with Gasteiger partial charge < -0.3 is 20.3 Å². The van der Waals surface area contributed by atoms with Gasteiger partial charge in [0.15, 0.2) is 0 Å². The quantitative estimate of drug-likeness (QED) is 0.646. The normalized spacial score (nSPS) is 15.1. The van der Waals surface area contributed by atoms with E-state index < -0.39 is 6.04 Å². The van der Waals surface area contributed by atoms with Crippen molar-refractivity contribution in [3.05, 3.63) is 65.7 Å². The number of piperidine rings is 1. The molecule has 7 nitrogen and oxygen atoms in total. The molecule has 2 aromatic carbocycles. The molecule has 0 saturated carbocycles. The third-order valence-electron chi connectivity index (χ3n) is 5.90. The Hall–Kier alpha value is -3.35. The molecule has 1 aliphatic rings. The van der Waals surface area contributed by atoms with E-state index in [1.165, 1.54) is 0 Å². The van der Waals surface area contributed by atoms with Crippen LogP contribution >= 0.6 is 0 Å². The first-order chi connectivity index (χ1) is 15.9. The van der Waals surface area contributed by atoms with E-state index in [0.717, 1.165) is 0 Å². The molecule has 7 heteroatoms. The SMILES string of the molecule is COc1cccc(C(=O)N2CCC([C@H](NC(=O)c3ccccc3)C(=O)NCC(C)C)CC2)c1. The maximum atomic E-state index is 13.0. The average molecular weight is 452 g/mol. The third kappa shape index (κ3) is 6.57. The molecule has 1 atom stereocenters. The van der Waals surface area contributed by atoms with Crippen molar-refractivity contribution in [1.29, 1.82) is 0 Å². The Labute approximate surface area is 195 Å². The van der Waals surface area contributed by atoms with Crippen LogP contribution in [0.3, 0.4) is 0 Å². The van der Waals surface area contributed by atoms with Gasteiger partial charge in [-0.2, -0.15) is 0 Å². The Morgan fingerprint density at radius 3 is 2.30 bits per heavy atom. The molecule has 0 aliphatic carbocycles. The van der Waals surface area contributed by atoms with Crippen molar-refractivity contribution in [3.63, 3.8) is 0 Å². The third-order valence-corrected chi connectivity index (χ3v) is 5.90. The molecule has 176 valence electrons. The molecular weight excluding hydrogens is 418 g/mol. The van der Waals surface area contributed by atoms with Crippen molar-refractivity contribution in [2.24, 2.45) is 11.8 Å². The topological polar surface area (TPSA) is 87.7 Å². The van der Waals surface area contributed by atoms with Crippen LogP contribution in [-0.2, 0) is 4.79 Å². The molecule has 2 N–H and O–H groups in total. The first-order valence-corrected chi connectivity index (χ1v) is 11.5. The minimum Gasteiger partial charge on any atom is -0.497 e. The fraction of sp³-hybridized carbons (Fsp3) is 0.423. The summed E-state index contributed by atoms with van der Waals surface area (Å²) in [5, 5.41) is 5.91.